The summed E-state index contributed by atoms with van der Waals surface area (Å²) >= 11 is 0. The Morgan fingerprint density at radius 3 is 2.53 bits per heavy atom. The van der Waals surface area contributed by atoms with E-state index in [9.17, 15) is 8.42 Å². The molecule has 0 spiro atoms. The van der Waals surface area contributed by atoms with Crippen LogP contribution >= 0.6 is 0 Å². The molecule has 1 atom stereocenters. The van der Waals surface area contributed by atoms with Crippen LogP contribution in [0.2, 0.25) is 0 Å². The first-order valence-corrected chi connectivity index (χ1v) is 7.65. The molecule has 100 valence electrons. The summed E-state index contributed by atoms with van der Waals surface area (Å²) in [5.41, 5.74) is 0.763. The molecule has 6 heteroatoms. The van der Waals surface area contributed by atoms with Crippen LogP contribution in [0, 0.1) is 5.41 Å². The van der Waals surface area contributed by atoms with Gasteiger partial charge in [0.1, 0.15) is 9.84 Å². The summed E-state index contributed by atoms with van der Waals surface area (Å²) < 4.78 is 27.3. The molecule has 5 nitrogen and oxygen atoms in total. The van der Waals surface area contributed by atoms with E-state index in [-0.39, 0.29) is 17.8 Å². The molecule has 2 N–H and O–H groups in total. The van der Waals surface area contributed by atoms with Gasteiger partial charge >= 0.3 is 0 Å². The Morgan fingerprint density at radius 1 is 1.53 bits per heavy atom. The molecule has 17 heavy (non-hydrogen) atoms. The average molecular weight is 262 g/mol. The van der Waals surface area contributed by atoms with Crippen LogP contribution in [0.15, 0.2) is 11.8 Å². The van der Waals surface area contributed by atoms with E-state index in [1.165, 1.54) is 6.26 Å². The third-order valence-corrected chi connectivity index (χ3v) is 3.18. The maximum Gasteiger partial charge on any atom is 0.210 e. The fourth-order valence-electron chi connectivity index (χ4n) is 1.22. The van der Waals surface area contributed by atoms with Crippen molar-refractivity contribution >= 4 is 15.7 Å². The minimum Gasteiger partial charge on any atom is -0.475 e. The fourth-order valence-corrected chi connectivity index (χ4v) is 1.98. The van der Waals surface area contributed by atoms with Gasteiger partial charge in [-0.3, -0.25) is 5.41 Å². The van der Waals surface area contributed by atoms with Crippen molar-refractivity contribution in [3.05, 3.63) is 11.8 Å². The summed E-state index contributed by atoms with van der Waals surface area (Å²) in [6.45, 7) is 3.70. The van der Waals surface area contributed by atoms with Crippen LogP contribution < -0.4 is 5.32 Å². The highest BCUT2D eigenvalue weighted by Gasteiger charge is 2.12. The van der Waals surface area contributed by atoms with Crippen molar-refractivity contribution in [3.63, 3.8) is 0 Å². The summed E-state index contributed by atoms with van der Waals surface area (Å²) in [5, 5.41) is 10.6. The third-order valence-electron chi connectivity index (χ3n) is 2.21. The van der Waals surface area contributed by atoms with Gasteiger partial charge in [-0.25, -0.2) is 8.42 Å². The number of rotatable bonds is 7. The fraction of sp³-hybridized carbons (Fsp3) is 0.727. The maximum absolute atomic E-state index is 11.0. The highest BCUT2D eigenvalue weighted by Crippen LogP contribution is 2.08. The topological polar surface area (TPSA) is 79.2 Å². The Hall–Kier alpha value is -1.04. The molecule has 0 saturated carbocycles. The summed E-state index contributed by atoms with van der Waals surface area (Å²) in [6, 6.07) is 0. The van der Waals surface area contributed by atoms with Crippen LogP contribution in [-0.2, 0) is 14.6 Å². The van der Waals surface area contributed by atoms with Gasteiger partial charge in [-0.15, -0.1) is 0 Å². The molecule has 0 heterocycles. The van der Waals surface area contributed by atoms with Crippen molar-refractivity contribution in [1.29, 1.82) is 5.41 Å². The molecule has 0 aromatic rings. The van der Waals surface area contributed by atoms with E-state index < -0.39 is 9.84 Å². The van der Waals surface area contributed by atoms with Crippen LogP contribution in [0.25, 0.3) is 0 Å². The monoisotopic (exact) mass is 262 g/mol. The molecule has 0 aliphatic carbocycles. The molecule has 0 aliphatic heterocycles. The van der Waals surface area contributed by atoms with E-state index in [1.54, 1.807) is 20.2 Å². The van der Waals surface area contributed by atoms with Gasteiger partial charge in [0.25, 0.3) is 0 Å². The highest BCUT2D eigenvalue weighted by atomic mass is 32.2. The zero-order chi connectivity index (χ0) is 13.5. The second kappa shape index (κ2) is 7.32. The predicted octanol–water partition coefficient (Wildman–Crippen LogP) is 1.32. The zero-order valence-corrected chi connectivity index (χ0v) is 11.7. The van der Waals surface area contributed by atoms with E-state index in [2.05, 4.69) is 5.32 Å². The van der Waals surface area contributed by atoms with E-state index >= 15 is 0 Å². The van der Waals surface area contributed by atoms with Crippen molar-refractivity contribution in [1.82, 2.24) is 5.32 Å². The van der Waals surface area contributed by atoms with Crippen molar-refractivity contribution in [2.75, 3.05) is 19.1 Å². The molecule has 0 aromatic carbocycles. The predicted molar refractivity (Wildman–Crippen MR) is 70.0 cm³/mol. The molecule has 0 aliphatic rings. The van der Waals surface area contributed by atoms with E-state index in [0.717, 1.165) is 5.57 Å². The lowest BCUT2D eigenvalue weighted by atomic mass is 10.2. The second-order valence-electron chi connectivity index (χ2n) is 3.99. The Bertz CT molecular complexity index is 374. The standard InChI is InChI=1S/C11H22N2O3S/c1-5-10(8-13-3)11(12)16-9(2)6-7-17(4,14)15/h8-9,12-13H,5-7H2,1-4H3/b10-8+,12-11?/t9-/m1/s1. The number of sulfone groups is 1. The molecule has 0 saturated heterocycles. The number of ether oxygens (including phenoxy) is 1. The average Bonchev–Trinajstić information content (AvgIpc) is 2.22. The van der Waals surface area contributed by atoms with Crippen molar-refractivity contribution in [2.45, 2.75) is 32.8 Å². The van der Waals surface area contributed by atoms with Crippen LogP contribution in [0.1, 0.15) is 26.7 Å². The molecule has 0 bridgehead atoms. The molecule has 0 fully saturated rings. The molecule has 0 aromatic heterocycles. The minimum absolute atomic E-state index is 0.0820. The van der Waals surface area contributed by atoms with Crippen molar-refractivity contribution < 1.29 is 13.2 Å². The van der Waals surface area contributed by atoms with E-state index in [1.807, 2.05) is 6.92 Å². The maximum atomic E-state index is 11.0. The van der Waals surface area contributed by atoms with Gasteiger partial charge in [0, 0.05) is 25.1 Å². The number of hydrogen-bond donors (Lipinski definition) is 2. The Labute approximate surface area is 104 Å². The van der Waals surface area contributed by atoms with Gasteiger partial charge in [0.2, 0.25) is 5.90 Å². The van der Waals surface area contributed by atoms with Gasteiger partial charge < -0.3 is 10.1 Å². The van der Waals surface area contributed by atoms with Crippen LogP contribution in [0.4, 0.5) is 0 Å². The van der Waals surface area contributed by atoms with Gasteiger partial charge in [0.15, 0.2) is 0 Å². The first-order chi connectivity index (χ1) is 7.80. The van der Waals surface area contributed by atoms with Gasteiger partial charge in [-0.05, 0) is 19.8 Å². The number of hydrogen-bond acceptors (Lipinski definition) is 5. The molecule has 0 amide bonds. The lowest BCUT2D eigenvalue weighted by Crippen LogP contribution is -2.20. The Morgan fingerprint density at radius 2 is 2.12 bits per heavy atom. The zero-order valence-electron chi connectivity index (χ0n) is 10.9. The smallest absolute Gasteiger partial charge is 0.210 e. The SMILES string of the molecule is CC/C(=C\NC)C(=N)O[C@H](C)CCS(C)(=O)=O. The Kier molecular flexibility index (Phi) is 6.87. The molecule has 0 unspecified atom stereocenters. The molecular weight excluding hydrogens is 240 g/mol. The first-order valence-electron chi connectivity index (χ1n) is 5.59. The quantitative estimate of drug-likeness (QED) is 0.535. The largest absolute Gasteiger partial charge is 0.475 e. The summed E-state index contributed by atoms with van der Waals surface area (Å²) in [4.78, 5) is 0. The number of nitrogens with one attached hydrogen (secondary N) is 2. The van der Waals surface area contributed by atoms with Crippen molar-refractivity contribution in [3.8, 4) is 0 Å². The van der Waals surface area contributed by atoms with Gasteiger partial charge in [-0.1, -0.05) is 6.92 Å². The summed E-state index contributed by atoms with van der Waals surface area (Å²) in [5.74, 6) is 0.182. The molecule has 0 radical (unpaired) electrons. The highest BCUT2D eigenvalue weighted by molar-refractivity contribution is 7.90. The van der Waals surface area contributed by atoms with Crippen molar-refractivity contribution in [2.24, 2.45) is 0 Å². The van der Waals surface area contributed by atoms with Gasteiger partial charge in [-0.2, -0.15) is 0 Å². The summed E-state index contributed by atoms with van der Waals surface area (Å²) in [6.07, 6.45) is 3.73. The lowest BCUT2D eigenvalue weighted by molar-refractivity contribution is 0.202. The summed E-state index contributed by atoms with van der Waals surface area (Å²) in [7, 11) is -1.21. The second-order valence-corrected chi connectivity index (χ2v) is 6.25. The van der Waals surface area contributed by atoms with Crippen LogP contribution in [-0.4, -0.2) is 39.5 Å². The minimum atomic E-state index is -2.97. The van der Waals surface area contributed by atoms with E-state index in [0.29, 0.717) is 12.8 Å². The van der Waals surface area contributed by atoms with Crippen LogP contribution in [0.5, 0.6) is 0 Å². The Balaban J connectivity index is 4.25. The first kappa shape index (κ1) is 16.0. The lowest BCUT2D eigenvalue weighted by Gasteiger charge is -2.16. The van der Waals surface area contributed by atoms with Gasteiger partial charge in [0.05, 0.1) is 11.9 Å². The normalized spacial score (nSPS) is 14.2. The molecule has 0 rings (SSSR count). The van der Waals surface area contributed by atoms with E-state index in [4.69, 9.17) is 10.1 Å². The molecular formula is C11H22N2O3S. The third kappa shape index (κ3) is 7.79. The van der Waals surface area contributed by atoms with Crippen LogP contribution in [0.3, 0.4) is 0 Å².